The molecule has 1 aromatic carbocycles. The van der Waals surface area contributed by atoms with Gasteiger partial charge in [0, 0.05) is 21.6 Å². The SMILES string of the molecule is Cc1cn(CC=O)c2cc(Br)ccc12. The lowest BCUT2D eigenvalue weighted by Gasteiger charge is -1.99. The zero-order valence-electron chi connectivity index (χ0n) is 7.83. The number of hydrogen-bond acceptors (Lipinski definition) is 1. The molecule has 14 heavy (non-hydrogen) atoms. The highest BCUT2D eigenvalue weighted by Gasteiger charge is 2.04. The molecule has 0 spiro atoms. The van der Waals surface area contributed by atoms with Crippen LogP contribution in [-0.4, -0.2) is 10.9 Å². The van der Waals surface area contributed by atoms with Crippen molar-refractivity contribution < 1.29 is 4.79 Å². The van der Waals surface area contributed by atoms with Gasteiger partial charge >= 0.3 is 0 Å². The molecule has 2 rings (SSSR count). The van der Waals surface area contributed by atoms with Crippen LogP contribution in [0, 0.1) is 6.92 Å². The molecule has 3 heteroatoms. The summed E-state index contributed by atoms with van der Waals surface area (Å²) >= 11 is 3.43. The van der Waals surface area contributed by atoms with E-state index in [1.165, 1.54) is 10.9 Å². The lowest BCUT2D eigenvalue weighted by molar-refractivity contribution is -0.108. The number of benzene rings is 1. The van der Waals surface area contributed by atoms with Crippen LogP contribution in [0.5, 0.6) is 0 Å². The first-order chi connectivity index (χ1) is 6.72. The number of carbonyl (C=O) groups is 1. The molecule has 0 radical (unpaired) electrons. The molecule has 0 bridgehead atoms. The van der Waals surface area contributed by atoms with Crippen LogP contribution in [0.15, 0.2) is 28.9 Å². The van der Waals surface area contributed by atoms with E-state index in [4.69, 9.17) is 0 Å². The zero-order valence-corrected chi connectivity index (χ0v) is 9.41. The minimum atomic E-state index is 0.417. The van der Waals surface area contributed by atoms with Gasteiger partial charge < -0.3 is 9.36 Å². The van der Waals surface area contributed by atoms with Crippen LogP contribution in [0.2, 0.25) is 0 Å². The molecule has 0 atom stereocenters. The van der Waals surface area contributed by atoms with Gasteiger partial charge in [-0.25, -0.2) is 0 Å². The van der Waals surface area contributed by atoms with E-state index in [0.29, 0.717) is 6.54 Å². The number of aryl methyl sites for hydroxylation is 1. The molecule has 0 saturated carbocycles. The Labute approximate surface area is 90.7 Å². The Balaban J connectivity index is 2.72. The smallest absolute Gasteiger partial charge is 0.139 e. The Bertz CT molecular complexity index is 487. The minimum Gasteiger partial charge on any atom is -0.340 e. The van der Waals surface area contributed by atoms with Gasteiger partial charge in [-0.15, -0.1) is 0 Å². The molecule has 0 aliphatic heterocycles. The summed E-state index contributed by atoms with van der Waals surface area (Å²) in [5.74, 6) is 0. The topological polar surface area (TPSA) is 22.0 Å². The highest BCUT2D eigenvalue weighted by atomic mass is 79.9. The molecule has 0 fully saturated rings. The van der Waals surface area contributed by atoms with Crippen molar-refractivity contribution in [3.63, 3.8) is 0 Å². The fourth-order valence-corrected chi connectivity index (χ4v) is 2.03. The third-order valence-electron chi connectivity index (χ3n) is 2.31. The maximum Gasteiger partial charge on any atom is 0.139 e. The second-order valence-corrected chi connectivity index (χ2v) is 4.21. The average Bonchev–Trinajstić information content (AvgIpc) is 2.44. The third kappa shape index (κ3) is 1.48. The maximum atomic E-state index is 10.5. The first-order valence-corrected chi connectivity index (χ1v) is 5.20. The number of aldehydes is 1. The molecule has 2 nitrogen and oxygen atoms in total. The summed E-state index contributed by atoms with van der Waals surface area (Å²) < 4.78 is 3.00. The number of fused-ring (bicyclic) bond motifs is 1. The summed E-state index contributed by atoms with van der Waals surface area (Å²) in [5, 5.41) is 1.20. The standard InChI is InChI=1S/C11H10BrNO/c1-8-7-13(4-5-14)11-6-9(12)2-3-10(8)11/h2-3,5-7H,4H2,1H3. The van der Waals surface area contributed by atoms with Crippen molar-refractivity contribution in [2.45, 2.75) is 13.5 Å². The summed E-state index contributed by atoms with van der Waals surface area (Å²) in [4.78, 5) is 10.5. The van der Waals surface area contributed by atoms with Crippen LogP contribution in [-0.2, 0) is 11.3 Å². The number of carbonyl (C=O) groups excluding carboxylic acids is 1. The molecule has 0 aliphatic carbocycles. The number of hydrogen-bond donors (Lipinski definition) is 0. The molecule has 0 saturated heterocycles. The van der Waals surface area contributed by atoms with E-state index < -0.39 is 0 Å². The quantitative estimate of drug-likeness (QED) is 0.753. The second kappa shape index (κ2) is 3.58. The van der Waals surface area contributed by atoms with Gasteiger partial charge in [-0.3, -0.25) is 0 Å². The van der Waals surface area contributed by atoms with E-state index in [1.807, 2.05) is 22.9 Å². The van der Waals surface area contributed by atoms with Crippen LogP contribution < -0.4 is 0 Å². The van der Waals surface area contributed by atoms with Gasteiger partial charge in [0.2, 0.25) is 0 Å². The van der Waals surface area contributed by atoms with E-state index in [2.05, 4.69) is 28.9 Å². The van der Waals surface area contributed by atoms with Gasteiger partial charge in [-0.05, 0) is 24.6 Å². The van der Waals surface area contributed by atoms with Crippen molar-refractivity contribution in [1.29, 1.82) is 0 Å². The number of halogens is 1. The summed E-state index contributed by atoms with van der Waals surface area (Å²) in [5.41, 5.74) is 2.30. The largest absolute Gasteiger partial charge is 0.340 e. The van der Waals surface area contributed by atoms with Crippen LogP contribution in [0.1, 0.15) is 5.56 Å². The normalized spacial score (nSPS) is 10.7. The first-order valence-electron chi connectivity index (χ1n) is 4.41. The highest BCUT2D eigenvalue weighted by Crippen LogP contribution is 2.24. The molecule has 1 heterocycles. The Kier molecular flexibility index (Phi) is 2.42. The third-order valence-corrected chi connectivity index (χ3v) is 2.81. The van der Waals surface area contributed by atoms with Crippen molar-refractivity contribution in [3.8, 4) is 0 Å². The van der Waals surface area contributed by atoms with Crippen LogP contribution in [0.4, 0.5) is 0 Å². The van der Waals surface area contributed by atoms with E-state index in [0.717, 1.165) is 16.3 Å². The van der Waals surface area contributed by atoms with E-state index in [-0.39, 0.29) is 0 Å². The van der Waals surface area contributed by atoms with Gasteiger partial charge in [-0.2, -0.15) is 0 Å². The van der Waals surface area contributed by atoms with E-state index >= 15 is 0 Å². The number of nitrogens with zero attached hydrogens (tertiary/aromatic N) is 1. The monoisotopic (exact) mass is 251 g/mol. The Morgan fingerprint density at radius 3 is 3.00 bits per heavy atom. The van der Waals surface area contributed by atoms with E-state index in [9.17, 15) is 4.79 Å². The van der Waals surface area contributed by atoms with Crippen LogP contribution in [0.25, 0.3) is 10.9 Å². The molecule has 2 aromatic rings. The molecular formula is C11H10BrNO. The van der Waals surface area contributed by atoms with Crippen molar-refractivity contribution >= 4 is 33.1 Å². The minimum absolute atomic E-state index is 0.417. The molecule has 0 aliphatic rings. The maximum absolute atomic E-state index is 10.5. The summed E-state index contributed by atoms with van der Waals surface area (Å²) in [6, 6.07) is 6.11. The second-order valence-electron chi connectivity index (χ2n) is 3.29. The average molecular weight is 252 g/mol. The molecular weight excluding hydrogens is 242 g/mol. The zero-order chi connectivity index (χ0) is 10.1. The van der Waals surface area contributed by atoms with Gasteiger partial charge in [-0.1, -0.05) is 22.0 Å². The lowest BCUT2D eigenvalue weighted by atomic mass is 10.2. The molecule has 0 N–H and O–H groups in total. The molecule has 72 valence electrons. The number of rotatable bonds is 2. The molecule has 0 unspecified atom stereocenters. The fourth-order valence-electron chi connectivity index (χ4n) is 1.68. The van der Waals surface area contributed by atoms with Crippen molar-refractivity contribution in [1.82, 2.24) is 4.57 Å². The van der Waals surface area contributed by atoms with Crippen molar-refractivity contribution in [2.24, 2.45) is 0 Å². The van der Waals surface area contributed by atoms with Gasteiger partial charge in [0.25, 0.3) is 0 Å². The Morgan fingerprint density at radius 1 is 1.50 bits per heavy atom. The Morgan fingerprint density at radius 2 is 2.29 bits per heavy atom. The number of aromatic nitrogens is 1. The predicted molar refractivity (Wildman–Crippen MR) is 60.4 cm³/mol. The van der Waals surface area contributed by atoms with Crippen LogP contribution >= 0.6 is 15.9 Å². The fraction of sp³-hybridized carbons (Fsp3) is 0.182. The first kappa shape index (κ1) is 9.46. The molecule has 0 amide bonds. The van der Waals surface area contributed by atoms with E-state index in [1.54, 1.807) is 0 Å². The van der Waals surface area contributed by atoms with Crippen molar-refractivity contribution in [2.75, 3.05) is 0 Å². The van der Waals surface area contributed by atoms with Gasteiger partial charge in [0.1, 0.15) is 6.29 Å². The summed E-state index contributed by atoms with van der Waals surface area (Å²) in [6.07, 6.45) is 2.92. The highest BCUT2D eigenvalue weighted by molar-refractivity contribution is 9.10. The van der Waals surface area contributed by atoms with Crippen LogP contribution in [0.3, 0.4) is 0 Å². The Hall–Kier alpha value is -1.09. The van der Waals surface area contributed by atoms with Gasteiger partial charge in [0.15, 0.2) is 0 Å². The summed E-state index contributed by atoms with van der Waals surface area (Å²) in [6.45, 7) is 2.47. The van der Waals surface area contributed by atoms with Gasteiger partial charge in [0.05, 0.1) is 6.54 Å². The lowest BCUT2D eigenvalue weighted by Crippen LogP contribution is -1.95. The van der Waals surface area contributed by atoms with Crippen molar-refractivity contribution in [3.05, 3.63) is 34.4 Å². The predicted octanol–water partition coefficient (Wildman–Crippen LogP) is 2.91. The summed E-state index contributed by atoms with van der Waals surface area (Å²) in [7, 11) is 0. The molecule has 1 aromatic heterocycles.